The Morgan fingerprint density at radius 1 is 0.824 bits per heavy atom. The summed E-state index contributed by atoms with van der Waals surface area (Å²) >= 11 is 0. The molecule has 0 aliphatic heterocycles. The molecule has 2 unspecified atom stereocenters. The first-order valence-corrected chi connectivity index (χ1v) is 15.9. The van der Waals surface area contributed by atoms with Crippen LogP contribution in [0.3, 0.4) is 0 Å². The van der Waals surface area contributed by atoms with Crippen molar-refractivity contribution in [1.29, 1.82) is 0 Å². The predicted octanol–water partition coefficient (Wildman–Crippen LogP) is 4.32. The third kappa shape index (κ3) is 23.8. The Morgan fingerprint density at radius 3 is 1.80 bits per heavy atom. The molecule has 0 aliphatic carbocycles. The van der Waals surface area contributed by atoms with Crippen LogP contribution in [-0.4, -0.2) is 98.9 Å². The van der Waals surface area contributed by atoms with Crippen molar-refractivity contribution in [3.05, 3.63) is 70.8 Å². The van der Waals surface area contributed by atoms with Crippen molar-refractivity contribution in [2.75, 3.05) is 52.0 Å². The van der Waals surface area contributed by atoms with E-state index in [-0.39, 0.29) is 26.3 Å². The molecule has 1 aromatic carbocycles. The fourth-order valence-corrected chi connectivity index (χ4v) is 3.03. The second kappa shape index (κ2) is 33.4. The highest BCUT2D eigenvalue weighted by molar-refractivity contribution is 5.92. The Bertz CT molecular complexity index is 1300. The molecule has 17 nitrogen and oxygen atoms in total. The summed E-state index contributed by atoms with van der Waals surface area (Å²) in [5.74, 6) is -1.46. The van der Waals surface area contributed by atoms with Gasteiger partial charge in [-0.15, -0.1) is 0 Å². The molecule has 2 aromatic rings. The van der Waals surface area contributed by atoms with Crippen LogP contribution in [0.5, 0.6) is 0 Å². The van der Waals surface area contributed by atoms with Gasteiger partial charge in [-0.1, -0.05) is 37.8 Å². The first kappa shape index (κ1) is 50.3. The van der Waals surface area contributed by atoms with Gasteiger partial charge in [-0.2, -0.15) is 4.99 Å². The van der Waals surface area contributed by atoms with Gasteiger partial charge in [0, 0.05) is 19.8 Å². The molecule has 2 atom stereocenters. The van der Waals surface area contributed by atoms with E-state index >= 15 is 0 Å². The highest BCUT2D eigenvalue weighted by Crippen LogP contribution is 2.14. The number of carbonyl (C=O) groups excluding carboxylic acids is 3. The van der Waals surface area contributed by atoms with Crippen LogP contribution in [0.15, 0.2) is 41.7 Å². The van der Waals surface area contributed by atoms with Gasteiger partial charge in [0.05, 0.1) is 39.3 Å². The Labute approximate surface area is 301 Å². The van der Waals surface area contributed by atoms with Gasteiger partial charge < -0.3 is 43.5 Å². The van der Waals surface area contributed by atoms with Crippen LogP contribution in [0, 0.1) is 13.1 Å². The summed E-state index contributed by atoms with van der Waals surface area (Å²) in [4.78, 5) is 46.2. The lowest BCUT2D eigenvalue weighted by molar-refractivity contribution is -0.282. The van der Waals surface area contributed by atoms with Crippen molar-refractivity contribution >= 4 is 30.1 Å². The SMILES string of the molecule is C.CCOC(=O)c1ncn(Cc2ccccc2)c1N.CCOC(OCC)OCC.[C-]#[N+]C(N)C(=O)OCC.[C-]#[N+]C(N=COCC)C(=O)OCC. The molecule has 4 N–H and O–H groups in total. The summed E-state index contributed by atoms with van der Waals surface area (Å²) in [5, 5.41) is 0. The number of hydrogen-bond acceptors (Lipinski definition) is 14. The second-order valence-electron chi connectivity index (χ2n) is 8.76. The van der Waals surface area contributed by atoms with E-state index in [9.17, 15) is 14.4 Å². The van der Waals surface area contributed by atoms with Gasteiger partial charge in [-0.05, 0) is 54.0 Å². The number of ether oxygens (including phenoxy) is 7. The molecule has 286 valence electrons. The molecule has 0 fully saturated rings. The molecule has 0 aliphatic rings. The zero-order valence-electron chi connectivity index (χ0n) is 29.9. The molecule has 1 aromatic heterocycles. The molecule has 0 spiro atoms. The number of esters is 3. The van der Waals surface area contributed by atoms with Crippen molar-refractivity contribution < 1.29 is 47.5 Å². The number of aliphatic imine (C=N–C) groups is 1. The fraction of sp³-hybridized carbons (Fsp3) is 0.559. The van der Waals surface area contributed by atoms with Crippen molar-refractivity contribution in [3.8, 4) is 0 Å². The third-order valence-electron chi connectivity index (χ3n) is 5.18. The smallest absolute Gasteiger partial charge is 0.415 e. The first-order chi connectivity index (χ1) is 24.0. The number of benzene rings is 1. The number of aromatic nitrogens is 2. The Morgan fingerprint density at radius 2 is 1.35 bits per heavy atom. The van der Waals surface area contributed by atoms with Crippen LogP contribution in [0.4, 0.5) is 5.82 Å². The molecule has 2 rings (SSSR count). The summed E-state index contributed by atoms with van der Waals surface area (Å²) in [6, 6.07) is 9.83. The molecule has 0 saturated heterocycles. The summed E-state index contributed by atoms with van der Waals surface area (Å²) in [7, 11) is 0. The number of rotatable bonds is 17. The number of nitrogens with zero attached hydrogens (tertiary/aromatic N) is 5. The average molecular weight is 722 g/mol. The van der Waals surface area contributed by atoms with Gasteiger partial charge in [-0.3, -0.25) is 15.4 Å². The lowest BCUT2D eigenvalue weighted by atomic mass is 10.2. The van der Waals surface area contributed by atoms with Crippen LogP contribution in [0.2, 0.25) is 0 Å². The largest absolute Gasteiger partial charge is 0.483 e. The minimum Gasteiger partial charge on any atom is -0.483 e. The van der Waals surface area contributed by atoms with Crippen molar-refractivity contribution in [3.63, 3.8) is 0 Å². The van der Waals surface area contributed by atoms with E-state index in [4.69, 9.17) is 48.3 Å². The van der Waals surface area contributed by atoms with E-state index in [1.807, 2.05) is 51.1 Å². The number of carbonyl (C=O) groups is 3. The maximum absolute atomic E-state index is 11.6. The summed E-state index contributed by atoms with van der Waals surface area (Å²) in [6.45, 7) is 28.8. The predicted molar refractivity (Wildman–Crippen MR) is 192 cm³/mol. The van der Waals surface area contributed by atoms with E-state index in [0.717, 1.165) is 12.0 Å². The number of nitrogens with two attached hydrogens (primary N) is 2. The van der Waals surface area contributed by atoms with Crippen LogP contribution in [0.1, 0.15) is 71.9 Å². The normalized spacial score (nSPS) is 10.9. The van der Waals surface area contributed by atoms with Crippen LogP contribution in [0.25, 0.3) is 9.69 Å². The van der Waals surface area contributed by atoms with Gasteiger partial charge >= 0.3 is 30.2 Å². The van der Waals surface area contributed by atoms with Crippen LogP contribution in [-0.2, 0) is 49.3 Å². The molecule has 0 saturated carbocycles. The van der Waals surface area contributed by atoms with E-state index in [2.05, 4.69) is 29.1 Å². The highest BCUT2D eigenvalue weighted by Gasteiger charge is 2.22. The molecule has 1 heterocycles. The lowest BCUT2D eigenvalue weighted by Gasteiger charge is -2.15. The average Bonchev–Trinajstić information content (AvgIpc) is 3.47. The fourth-order valence-electron chi connectivity index (χ4n) is 3.03. The molecule has 17 heteroatoms. The maximum atomic E-state index is 11.6. The number of anilines is 1. The molecule has 0 bridgehead atoms. The number of nitrogen functional groups attached to an aromatic ring is 1. The summed E-state index contributed by atoms with van der Waals surface area (Å²) in [6.07, 6.45) is 0.366. The minimum atomic E-state index is -1.15. The van der Waals surface area contributed by atoms with E-state index in [1.54, 1.807) is 38.6 Å². The Hall–Kier alpha value is -5.07. The molecular weight excluding hydrogens is 666 g/mol. The minimum absolute atomic E-state index is 0. The van der Waals surface area contributed by atoms with Crippen LogP contribution < -0.4 is 11.5 Å². The van der Waals surface area contributed by atoms with Crippen LogP contribution >= 0.6 is 0 Å². The highest BCUT2D eigenvalue weighted by atomic mass is 16.8. The third-order valence-corrected chi connectivity index (χ3v) is 5.18. The molecule has 51 heavy (non-hydrogen) atoms. The van der Waals surface area contributed by atoms with Gasteiger partial charge in [0.2, 0.25) is 0 Å². The van der Waals surface area contributed by atoms with E-state index in [1.165, 1.54) is 0 Å². The standard InChI is InChI=1S/C13H15N3O2.C8H12N2O3.C7H16O3.C5H8N2O2.CH4/c1-2-18-13(17)11-12(14)16(9-15-11)8-10-6-4-3-5-7-10;1-4-12-6-10-7(9-3)8(11)13-5-2;1-4-8-7(9-5-2)10-6-3;1-3-9-5(8)4(6)7-2;/h3-7,9H,2,8,14H2,1H3;6-7H,4-5H2,1-2H3;7H,4-6H2,1-3H3;4H,3,6H2,1H3;1H4. The van der Waals surface area contributed by atoms with Crippen molar-refractivity contribution in [2.45, 2.75) is 81.2 Å². The van der Waals surface area contributed by atoms with Gasteiger partial charge in [-0.25, -0.2) is 32.5 Å². The lowest BCUT2D eigenvalue weighted by Crippen LogP contribution is -2.28. The Balaban J connectivity index is -0.000000625. The first-order valence-electron chi connectivity index (χ1n) is 15.9. The van der Waals surface area contributed by atoms with Gasteiger partial charge in [0.1, 0.15) is 5.82 Å². The topological polar surface area (TPSA) is 207 Å². The van der Waals surface area contributed by atoms with Gasteiger partial charge in [0.25, 0.3) is 6.48 Å². The summed E-state index contributed by atoms with van der Waals surface area (Å²) in [5.41, 5.74) is 12.1. The molecular formula is C34H55N7O10. The Kier molecular flexibility index (Phi) is 33.0. The second-order valence-corrected chi connectivity index (χ2v) is 8.76. The quantitative estimate of drug-likeness (QED) is 0.0584. The van der Waals surface area contributed by atoms with E-state index in [0.29, 0.717) is 45.4 Å². The maximum Gasteiger partial charge on any atom is 0.415 e. The van der Waals surface area contributed by atoms with E-state index < -0.39 is 36.7 Å². The van der Waals surface area contributed by atoms with Gasteiger partial charge in [0.15, 0.2) is 12.1 Å². The monoisotopic (exact) mass is 721 g/mol. The molecule has 0 radical (unpaired) electrons. The molecule has 0 amide bonds. The number of hydrogen-bond donors (Lipinski definition) is 2. The summed E-state index contributed by atoms with van der Waals surface area (Å²) < 4.78 is 35.6. The zero-order valence-corrected chi connectivity index (χ0v) is 29.9. The van der Waals surface area contributed by atoms with Crippen molar-refractivity contribution in [2.24, 2.45) is 10.7 Å². The van der Waals surface area contributed by atoms with Crippen molar-refractivity contribution in [1.82, 2.24) is 9.55 Å². The number of imidazole rings is 1. The zero-order chi connectivity index (χ0) is 38.2.